The van der Waals surface area contributed by atoms with Crippen molar-refractivity contribution in [1.82, 2.24) is 24.9 Å². The first-order chi connectivity index (χ1) is 12.2. The van der Waals surface area contributed by atoms with Gasteiger partial charge in [0, 0.05) is 18.0 Å². The van der Waals surface area contributed by atoms with Gasteiger partial charge in [-0.05, 0) is 24.4 Å². The van der Waals surface area contributed by atoms with Crippen LogP contribution in [0.3, 0.4) is 0 Å². The molecule has 0 N–H and O–H groups in total. The number of aryl methyl sites for hydroxylation is 1. The SMILES string of the molecule is Cc1cccc(-c2nnc(SCc3noc(-c4ccsc4)n3)n2C)c1. The smallest absolute Gasteiger partial charge is 0.258 e. The van der Waals surface area contributed by atoms with Gasteiger partial charge in [-0.1, -0.05) is 40.7 Å². The molecule has 0 unspecified atom stereocenters. The number of benzene rings is 1. The molecule has 25 heavy (non-hydrogen) atoms. The molecule has 0 saturated heterocycles. The van der Waals surface area contributed by atoms with Gasteiger partial charge in [-0.3, -0.25) is 0 Å². The van der Waals surface area contributed by atoms with Gasteiger partial charge in [0.05, 0.1) is 11.3 Å². The minimum absolute atomic E-state index is 0.551. The van der Waals surface area contributed by atoms with Crippen LogP contribution in [-0.2, 0) is 12.8 Å². The molecule has 8 heteroatoms. The minimum Gasteiger partial charge on any atom is -0.334 e. The van der Waals surface area contributed by atoms with Crippen molar-refractivity contribution in [3.05, 3.63) is 52.5 Å². The van der Waals surface area contributed by atoms with E-state index < -0.39 is 0 Å². The number of aromatic nitrogens is 5. The lowest BCUT2D eigenvalue weighted by Crippen LogP contribution is -1.95. The van der Waals surface area contributed by atoms with Crippen LogP contribution >= 0.6 is 23.1 Å². The second kappa shape index (κ2) is 6.81. The fourth-order valence-corrected chi connectivity index (χ4v) is 3.81. The van der Waals surface area contributed by atoms with Crippen molar-refractivity contribution in [2.45, 2.75) is 17.8 Å². The quantitative estimate of drug-likeness (QED) is 0.491. The molecule has 0 amide bonds. The summed E-state index contributed by atoms with van der Waals surface area (Å²) in [6.07, 6.45) is 0. The Kier molecular flexibility index (Phi) is 4.37. The molecule has 0 aliphatic rings. The van der Waals surface area contributed by atoms with Crippen LogP contribution in [-0.4, -0.2) is 24.9 Å². The van der Waals surface area contributed by atoms with Crippen molar-refractivity contribution < 1.29 is 4.52 Å². The summed E-state index contributed by atoms with van der Waals surface area (Å²) in [5.74, 6) is 2.62. The van der Waals surface area contributed by atoms with Crippen LogP contribution in [0.5, 0.6) is 0 Å². The van der Waals surface area contributed by atoms with E-state index in [1.807, 2.05) is 40.6 Å². The lowest BCUT2D eigenvalue weighted by atomic mass is 10.1. The van der Waals surface area contributed by atoms with Gasteiger partial charge in [-0.15, -0.1) is 10.2 Å². The van der Waals surface area contributed by atoms with E-state index in [9.17, 15) is 0 Å². The molecule has 3 aromatic heterocycles. The highest BCUT2D eigenvalue weighted by atomic mass is 32.2. The molecule has 0 bridgehead atoms. The molecule has 0 radical (unpaired) electrons. The molecule has 0 aliphatic heterocycles. The summed E-state index contributed by atoms with van der Waals surface area (Å²) in [4.78, 5) is 4.42. The molecule has 4 rings (SSSR count). The third kappa shape index (κ3) is 3.35. The maximum Gasteiger partial charge on any atom is 0.258 e. The van der Waals surface area contributed by atoms with Crippen molar-refractivity contribution in [2.24, 2.45) is 7.05 Å². The van der Waals surface area contributed by atoms with Crippen LogP contribution in [0.2, 0.25) is 0 Å². The van der Waals surface area contributed by atoms with Crippen LogP contribution in [0.15, 0.2) is 50.8 Å². The molecule has 0 aliphatic carbocycles. The summed E-state index contributed by atoms with van der Waals surface area (Å²) >= 11 is 3.14. The number of thioether (sulfide) groups is 1. The lowest BCUT2D eigenvalue weighted by molar-refractivity contribution is 0.425. The molecule has 0 spiro atoms. The second-order valence-corrected chi connectivity index (χ2v) is 7.27. The third-order valence-electron chi connectivity index (χ3n) is 3.68. The Morgan fingerprint density at radius 1 is 1.20 bits per heavy atom. The Hall–Kier alpha value is -2.45. The van der Waals surface area contributed by atoms with Crippen LogP contribution < -0.4 is 0 Å². The molecule has 1 aromatic carbocycles. The third-order valence-corrected chi connectivity index (χ3v) is 5.38. The Morgan fingerprint density at radius 3 is 2.92 bits per heavy atom. The largest absolute Gasteiger partial charge is 0.334 e. The van der Waals surface area contributed by atoms with Crippen molar-refractivity contribution >= 4 is 23.1 Å². The molecule has 0 atom stereocenters. The molecule has 3 heterocycles. The second-order valence-electron chi connectivity index (χ2n) is 5.55. The highest BCUT2D eigenvalue weighted by Gasteiger charge is 2.14. The first-order valence-electron chi connectivity index (χ1n) is 7.65. The van der Waals surface area contributed by atoms with E-state index >= 15 is 0 Å². The molecular formula is C17H15N5OS2. The van der Waals surface area contributed by atoms with E-state index in [0.717, 1.165) is 22.1 Å². The molecule has 0 fully saturated rings. The fraction of sp³-hybridized carbons (Fsp3) is 0.176. The topological polar surface area (TPSA) is 69.6 Å². The van der Waals surface area contributed by atoms with Gasteiger partial charge in [-0.25, -0.2) is 0 Å². The summed E-state index contributed by atoms with van der Waals surface area (Å²) in [6.45, 7) is 2.07. The summed E-state index contributed by atoms with van der Waals surface area (Å²) in [5.41, 5.74) is 3.21. The van der Waals surface area contributed by atoms with Crippen molar-refractivity contribution in [1.29, 1.82) is 0 Å². The number of rotatable bonds is 5. The summed E-state index contributed by atoms with van der Waals surface area (Å²) in [7, 11) is 1.97. The maximum atomic E-state index is 5.30. The fourth-order valence-electron chi connectivity index (χ4n) is 2.42. The van der Waals surface area contributed by atoms with Gasteiger partial charge < -0.3 is 9.09 Å². The summed E-state index contributed by atoms with van der Waals surface area (Å²) < 4.78 is 7.29. The average Bonchev–Trinajstić information content (AvgIpc) is 3.34. The van der Waals surface area contributed by atoms with Crippen molar-refractivity contribution in [2.75, 3.05) is 0 Å². The average molecular weight is 369 g/mol. The van der Waals surface area contributed by atoms with Crippen LogP contribution in [0.4, 0.5) is 0 Å². The standard InChI is InChI=1S/C17H15N5OS2/c1-11-4-3-5-12(8-11)15-19-20-17(22(15)2)25-10-14-18-16(23-21-14)13-6-7-24-9-13/h3-9H,10H2,1-2H3. The first kappa shape index (κ1) is 16.0. The van der Waals surface area contributed by atoms with Crippen molar-refractivity contribution in [3.8, 4) is 22.8 Å². The van der Waals surface area contributed by atoms with Gasteiger partial charge in [0.15, 0.2) is 16.8 Å². The van der Waals surface area contributed by atoms with Crippen molar-refractivity contribution in [3.63, 3.8) is 0 Å². The van der Waals surface area contributed by atoms with Crippen LogP contribution in [0.25, 0.3) is 22.8 Å². The van der Waals surface area contributed by atoms with E-state index in [0.29, 0.717) is 17.5 Å². The monoisotopic (exact) mass is 369 g/mol. The molecular weight excluding hydrogens is 354 g/mol. The zero-order valence-electron chi connectivity index (χ0n) is 13.7. The van der Waals surface area contributed by atoms with Gasteiger partial charge >= 0.3 is 0 Å². The molecule has 4 aromatic rings. The Bertz CT molecular complexity index is 990. The number of nitrogens with zero attached hydrogens (tertiary/aromatic N) is 5. The number of hydrogen-bond acceptors (Lipinski definition) is 7. The molecule has 126 valence electrons. The van der Waals surface area contributed by atoms with E-state index in [2.05, 4.69) is 39.4 Å². The zero-order chi connectivity index (χ0) is 17.2. The van der Waals surface area contributed by atoms with Gasteiger partial charge in [0.1, 0.15) is 0 Å². The predicted molar refractivity (Wildman–Crippen MR) is 98.3 cm³/mol. The highest BCUT2D eigenvalue weighted by molar-refractivity contribution is 7.98. The highest BCUT2D eigenvalue weighted by Crippen LogP contribution is 2.26. The predicted octanol–water partition coefficient (Wildman–Crippen LogP) is 4.19. The first-order valence-corrected chi connectivity index (χ1v) is 9.58. The molecule has 0 saturated carbocycles. The zero-order valence-corrected chi connectivity index (χ0v) is 15.3. The maximum absolute atomic E-state index is 5.30. The number of hydrogen-bond donors (Lipinski definition) is 0. The van der Waals surface area contributed by atoms with Crippen LogP contribution in [0.1, 0.15) is 11.4 Å². The van der Waals surface area contributed by atoms with E-state index in [-0.39, 0.29) is 0 Å². The van der Waals surface area contributed by atoms with E-state index in [1.54, 1.807) is 11.3 Å². The Labute approximate surface area is 152 Å². The molecule has 6 nitrogen and oxygen atoms in total. The Morgan fingerprint density at radius 2 is 2.12 bits per heavy atom. The van der Waals surface area contributed by atoms with Crippen LogP contribution in [0, 0.1) is 6.92 Å². The number of thiophene rings is 1. The summed E-state index contributed by atoms with van der Waals surface area (Å²) in [5, 5.41) is 17.4. The lowest BCUT2D eigenvalue weighted by Gasteiger charge is -2.03. The Balaban J connectivity index is 1.49. The summed E-state index contributed by atoms with van der Waals surface area (Å²) in [6, 6.07) is 10.2. The van der Waals surface area contributed by atoms with Gasteiger partial charge in [0.25, 0.3) is 5.89 Å². The minimum atomic E-state index is 0.551. The van der Waals surface area contributed by atoms with Gasteiger partial charge in [0.2, 0.25) is 0 Å². The van der Waals surface area contributed by atoms with E-state index in [4.69, 9.17) is 4.52 Å². The van der Waals surface area contributed by atoms with Gasteiger partial charge in [-0.2, -0.15) is 16.3 Å². The van der Waals surface area contributed by atoms with E-state index in [1.165, 1.54) is 17.3 Å². The normalized spacial score (nSPS) is 11.1.